The third-order valence-electron chi connectivity index (χ3n) is 2.56. The number of hydrogen-bond donors (Lipinski definition) is 0. The van der Waals surface area contributed by atoms with Crippen molar-refractivity contribution in [3.63, 3.8) is 0 Å². The van der Waals surface area contributed by atoms with Crippen LogP contribution in [0.15, 0.2) is 35.2 Å². The number of nitrogens with zero attached hydrogens (tertiary/aromatic N) is 2. The van der Waals surface area contributed by atoms with Crippen LogP contribution in [0.1, 0.15) is 25.6 Å². The Bertz CT molecular complexity index is 540. The van der Waals surface area contributed by atoms with Crippen LogP contribution in [0.3, 0.4) is 0 Å². The molecule has 96 valence electrons. The third kappa shape index (κ3) is 2.72. The minimum Gasteiger partial charge on any atom is -0.484 e. The molecule has 5 heteroatoms. The highest BCUT2D eigenvalue weighted by Gasteiger charge is 2.12. The zero-order valence-corrected chi connectivity index (χ0v) is 11.8. The van der Waals surface area contributed by atoms with E-state index in [9.17, 15) is 4.39 Å². The van der Waals surface area contributed by atoms with Crippen molar-refractivity contribution in [3.8, 4) is 5.75 Å². The van der Waals surface area contributed by atoms with Crippen molar-refractivity contribution in [1.82, 2.24) is 9.55 Å². The van der Waals surface area contributed by atoms with Gasteiger partial charge in [0.05, 0.1) is 11.9 Å². The lowest BCUT2D eigenvalue weighted by atomic mass is 10.3. The summed E-state index contributed by atoms with van der Waals surface area (Å²) < 4.78 is 21.6. The lowest BCUT2D eigenvalue weighted by Gasteiger charge is -2.14. The molecule has 2 aromatic rings. The zero-order chi connectivity index (χ0) is 13.1. The van der Waals surface area contributed by atoms with Gasteiger partial charge in [-0.3, -0.25) is 0 Å². The van der Waals surface area contributed by atoms with Crippen molar-refractivity contribution >= 4 is 15.9 Å². The van der Waals surface area contributed by atoms with Crippen LogP contribution in [-0.4, -0.2) is 9.55 Å². The molecule has 0 aliphatic heterocycles. The number of hydrogen-bond acceptors (Lipinski definition) is 2. The van der Waals surface area contributed by atoms with Crippen LogP contribution < -0.4 is 4.74 Å². The maximum Gasteiger partial charge on any atom is 0.177 e. The minimum absolute atomic E-state index is 0.255. The Morgan fingerprint density at radius 2 is 2.11 bits per heavy atom. The van der Waals surface area contributed by atoms with Gasteiger partial charge in [0.25, 0.3) is 0 Å². The molecule has 0 aliphatic rings. The first-order valence-corrected chi connectivity index (χ1v) is 6.48. The highest BCUT2D eigenvalue weighted by atomic mass is 79.9. The van der Waals surface area contributed by atoms with Gasteiger partial charge in [-0.05, 0) is 41.9 Å². The van der Waals surface area contributed by atoms with E-state index >= 15 is 0 Å². The Morgan fingerprint density at radius 1 is 1.39 bits per heavy atom. The van der Waals surface area contributed by atoms with E-state index in [1.54, 1.807) is 24.4 Å². The highest BCUT2D eigenvalue weighted by molar-refractivity contribution is 9.10. The zero-order valence-electron chi connectivity index (χ0n) is 10.2. The fraction of sp³-hybridized carbons (Fsp3) is 0.308. The fourth-order valence-corrected chi connectivity index (χ4v) is 2.48. The molecule has 0 amide bonds. The van der Waals surface area contributed by atoms with Gasteiger partial charge in [-0.1, -0.05) is 12.1 Å². The van der Waals surface area contributed by atoms with Crippen molar-refractivity contribution < 1.29 is 9.13 Å². The Balaban J connectivity index is 2.14. The molecule has 0 aliphatic carbocycles. The predicted molar refractivity (Wildman–Crippen MR) is 71.0 cm³/mol. The summed E-state index contributed by atoms with van der Waals surface area (Å²) in [5, 5.41) is 0. The van der Waals surface area contributed by atoms with E-state index in [0.717, 1.165) is 10.4 Å². The molecule has 0 saturated heterocycles. The van der Waals surface area contributed by atoms with Crippen LogP contribution in [0.4, 0.5) is 4.39 Å². The van der Waals surface area contributed by atoms with E-state index in [0.29, 0.717) is 0 Å². The van der Waals surface area contributed by atoms with Crippen molar-refractivity contribution in [2.24, 2.45) is 0 Å². The minimum atomic E-state index is -0.354. The standard InChI is InChI=1S/C13H14BrFN2O/c1-9(2)17-10(7-16-13(17)14)8-18-12-6-4-3-5-11(12)15/h3-7,9H,8H2,1-2H3. The van der Waals surface area contributed by atoms with Crippen LogP contribution >= 0.6 is 15.9 Å². The first kappa shape index (κ1) is 13.1. The van der Waals surface area contributed by atoms with Gasteiger partial charge >= 0.3 is 0 Å². The summed E-state index contributed by atoms with van der Waals surface area (Å²) in [5.41, 5.74) is 0.903. The summed E-state index contributed by atoms with van der Waals surface area (Å²) in [7, 11) is 0. The maximum absolute atomic E-state index is 13.4. The van der Waals surface area contributed by atoms with Crippen LogP contribution in [0.5, 0.6) is 5.75 Å². The number of aromatic nitrogens is 2. The van der Waals surface area contributed by atoms with Gasteiger partial charge in [-0.15, -0.1) is 0 Å². The molecule has 0 unspecified atom stereocenters. The van der Waals surface area contributed by atoms with Gasteiger partial charge in [-0.25, -0.2) is 9.37 Å². The molecule has 1 aromatic heterocycles. The maximum atomic E-state index is 13.4. The predicted octanol–water partition coefficient (Wildman–Crippen LogP) is 3.94. The van der Waals surface area contributed by atoms with Crippen LogP contribution in [0.25, 0.3) is 0 Å². The van der Waals surface area contributed by atoms with Gasteiger partial charge in [0, 0.05) is 6.04 Å². The molecule has 1 heterocycles. The average Bonchev–Trinajstić information content (AvgIpc) is 2.69. The van der Waals surface area contributed by atoms with Crippen molar-refractivity contribution in [3.05, 3.63) is 46.7 Å². The monoisotopic (exact) mass is 312 g/mol. The summed E-state index contributed by atoms with van der Waals surface area (Å²) in [6, 6.07) is 6.64. The Hall–Kier alpha value is -1.36. The molecule has 1 aromatic carbocycles. The van der Waals surface area contributed by atoms with Gasteiger partial charge in [-0.2, -0.15) is 0 Å². The summed E-state index contributed by atoms with van der Waals surface area (Å²) in [4.78, 5) is 4.18. The number of ether oxygens (including phenoxy) is 1. The highest BCUT2D eigenvalue weighted by Crippen LogP contribution is 2.21. The SMILES string of the molecule is CC(C)n1c(COc2ccccc2F)cnc1Br. The van der Waals surface area contributed by atoms with E-state index in [4.69, 9.17) is 4.74 Å². The molecule has 2 rings (SSSR count). The van der Waals surface area contributed by atoms with Crippen LogP contribution in [0, 0.1) is 5.82 Å². The van der Waals surface area contributed by atoms with E-state index in [2.05, 4.69) is 34.8 Å². The molecular formula is C13H14BrFN2O. The molecule has 18 heavy (non-hydrogen) atoms. The fourth-order valence-electron chi connectivity index (χ4n) is 1.74. The third-order valence-corrected chi connectivity index (χ3v) is 3.14. The summed E-state index contributed by atoms with van der Waals surface area (Å²) in [6.07, 6.45) is 1.73. The second-order valence-corrected chi connectivity index (χ2v) is 4.91. The second kappa shape index (κ2) is 5.52. The number of imidazole rings is 1. The van der Waals surface area contributed by atoms with Crippen molar-refractivity contribution in [2.75, 3.05) is 0 Å². The Morgan fingerprint density at radius 3 is 2.78 bits per heavy atom. The van der Waals surface area contributed by atoms with E-state index in [-0.39, 0.29) is 24.2 Å². The Kier molecular flexibility index (Phi) is 4.01. The van der Waals surface area contributed by atoms with Crippen molar-refractivity contribution in [2.45, 2.75) is 26.5 Å². The lowest BCUT2D eigenvalue weighted by Crippen LogP contribution is -2.09. The molecule has 0 spiro atoms. The molecule has 0 atom stereocenters. The number of halogens is 2. The normalized spacial score (nSPS) is 10.9. The lowest BCUT2D eigenvalue weighted by molar-refractivity contribution is 0.277. The van der Waals surface area contributed by atoms with Crippen molar-refractivity contribution in [1.29, 1.82) is 0 Å². The van der Waals surface area contributed by atoms with Gasteiger partial charge in [0.15, 0.2) is 16.3 Å². The summed E-state index contributed by atoms with van der Waals surface area (Å²) in [6.45, 7) is 4.40. The molecule has 0 saturated carbocycles. The first-order chi connectivity index (χ1) is 8.59. The number of rotatable bonds is 4. The van der Waals surface area contributed by atoms with Gasteiger partial charge in [0.1, 0.15) is 6.61 Å². The van der Waals surface area contributed by atoms with Gasteiger partial charge < -0.3 is 9.30 Å². The van der Waals surface area contributed by atoms with Gasteiger partial charge in [0.2, 0.25) is 0 Å². The molecule has 0 bridgehead atoms. The average molecular weight is 313 g/mol. The summed E-state index contributed by atoms with van der Waals surface area (Å²) in [5.74, 6) is -0.0997. The number of benzene rings is 1. The van der Waals surface area contributed by atoms with Crippen LogP contribution in [-0.2, 0) is 6.61 Å². The first-order valence-electron chi connectivity index (χ1n) is 5.68. The molecular weight excluding hydrogens is 299 g/mol. The van der Waals surface area contributed by atoms with E-state index in [1.807, 2.05) is 4.57 Å². The molecule has 0 N–H and O–H groups in total. The second-order valence-electron chi connectivity index (χ2n) is 4.20. The molecule has 0 fully saturated rings. The Labute approximate surface area is 114 Å². The molecule has 0 radical (unpaired) electrons. The summed E-state index contributed by atoms with van der Waals surface area (Å²) >= 11 is 3.38. The topological polar surface area (TPSA) is 27.1 Å². The molecule has 3 nitrogen and oxygen atoms in total. The number of para-hydroxylation sites is 1. The van der Waals surface area contributed by atoms with E-state index in [1.165, 1.54) is 6.07 Å². The van der Waals surface area contributed by atoms with Crippen LogP contribution in [0.2, 0.25) is 0 Å². The largest absolute Gasteiger partial charge is 0.484 e. The quantitative estimate of drug-likeness (QED) is 0.855. The smallest absolute Gasteiger partial charge is 0.177 e. The van der Waals surface area contributed by atoms with E-state index < -0.39 is 0 Å².